The third-order valence-electron chi connectivity index (χ3n) is 0.482. The van der Waals surface area contributed by atoms with Gasteiger partial charge in [0, 0.05) is 6.04 Å². The van der Waals surface area contributed by atoms with Crippen LogP contribution in [0.3, 0.4) is 0 Å². The van der Waals surface area contributed by atoms with Gasteiger partial charge < -0.3 is 28.3 Å². The molecule has 0 fully saturated rings. The average Bonchev–Trinajstić information content (AvgIpc) is 1.65. The first-order chi connectivity index (χ1) is 3.18. The molecule has 47 valence electrons. The van der Waals surface area contributed by atoms with Crippen molar-refractivity contribution in [1.82, 2.24) is 0 Å². The average molecular weight is 174 g/mol. The van der Waals surface area contributed by atoms with Crippen LogP contribution in [0.5, 0.6) is 0 Å². The van der Waals surface area contributed by atoms with E-state index in [1.807, 2.05) is 0 Å². The van der Waals surface area contributed by atoms with Gasteiger partial charge in [0.05, 0.1) is 5.97 Å². The van der Waals surface area contributed by atoms with Crippen molar-refractivity contribution in [2.24, 2.45) is 5.73 Å². The second kappa shape index (κ2) is 5.44. The Morgan fingerprint density at radius 2 is 2.25 bits per heavy atom. The summed E-state index contributed by atoms with van der Waals surface area (Å²) < 4.78 is 0. The molecule has 0 aromatic carbocycles. The summed E-state index contributed by atoms with van der Waals surface area (Å²) in [6, 6.07) is -0.977. The van der Waals surface area contributed by atoms with Gasteiger partial charge in [-0.05, 0) is 0 Å². The molecule has 0 amide bonds. The summed E-state index contributed by atoms with van der Waals surface area (Å²) in [5.41, 5.74) is 4.85. The van der Waals surface area contributed by atoms with Crippen molar-refractivity contribution in [3.05, 3.63) is 0 Å². The molecule has 1 unspecified atom stereocenters. The molecule has 0 aliphatic rings. The molecule has 0 rings (SSSR count). The molecule has 0 saturated heterocycles. The summed E-state index contributed by atoms with van der Waals surface area (Å²) in [5, 5.41) is 9.63. The van der Waals surface area contributed by atoms with E-state index in [9.17, 15) is 9.90 Å². The number of carboxylic acids is 1. The van der Waals surface area contributed by atoms with E-state index in [1.54, 1.807) is 0 Å². The minimum atomic E-state index is -1.28. The Bertz CT molecular complexity index is 79.7. The quantitative estimate of drug-likeness (QED) is 0.374. The maximum absolute atomic E-state index is 9.63. The molecule has 0 aliphatic carbocycles. The summed E-state index contributed by atoms with van der Waals surface area (Å²) >= 11 is 4.31. The Kier molecular flexibility index (Phi) is 7.57. The summed E-state index contributed by atoms with van der Waals surface area (Å²) in [6.45, 7) is 0. The Labute approximate surface area is 63.5 Å². The molecule has 3 nitrogen and oxygen atoms in total. The van der Waals surface area contributed by atoms with Crippen LogP contribution >= 0.6 is 0 Å². The van der Waals surface area contributed by atoms with E-state index in [0.717, 1.165) is 0 Å². The third kappa shape index (κ3) is 4.46. The van der Waals surface area contributed by atoms with Gasteiger partial charge >= 0.3 is 17.1 Å². The van der Waals surface area contributed by atoms with Gasteiger partial charge in [0.1, 0.15) is 0 Å². The molecule has 0 aromatic heterocycles. The van der Waals surface area contributed by atoms with Crippen molar-refractivity contribution >= 4 is 18.6 Å². The topological polar surface area (TPSA) is 66.2 Å². The molecule has 2 N–H and O–H groups in total. The SMILES string of the molecule is NC(C[S-])C(=O)[O-].[Mn+2]. The van der Waals surface area contributed by atoms with Gasteiger partial charge in [-0.1, -0.05) is 0 Å². The molecule has 0 heterocycles. The van der Waals surface area contributed by atoms with E-state index in [4.69, 9.17) is 5.73 Å². The number of aliphatic carboxylic acids is 1. The number of hydrogen-bond donors (Lipinski definition) is 1. The van der Waals surface area contributed by atoms with Crippen LogP contribution in [0.4, 0.5) is 0 Å². The van der Waals surface area contributed by atoms with Crippen molar-refractivity contribution in [1.29, 1.82) is 0 Å². The maximum Gasteiger partial charge on any atom is 2.00 e. The Morgan fingerprint density at radius 3 is 2.25 bits per heavy atom. The van der Waals surface area contributed by atoms with Crippen molar-refractivity contribution < 1.29 is 27.0 Å². The monoisotopic (exact) mass is 174 g/mol. The minimum absolute atomic E-state index is 0. The van der Waals surface area contributed by atoms with Crippen molar-refractivity contribution in [2.75, 3.05) is 5.75 Å². The molecule has 5 heteroatoms. The van der Waals surface area contributed by atoms with Gasteiger partial charge in [-0.3, -0.25) is 0 Å². The fraction of sp³-hybridized carbons (Fsp3) is 0.667. The van der Waals surface area contributed by atoms with Gasteiger partial charge in [0.2, 0.25) is 0 Å². The number of hydrogen-bond acceptors (Lipinski definition) is 4. The van der Waals surface area contributed by atoms with E-state index < -0.39 is 12.0 Å². The van der Waals surface area contributed by atoms with Crippen LogP contribution in [0.25, 0.3) is 0 Å². The van der Waals surface area contributed by atoms with Crippen molar-refractivity contribution in [3.63, 3.8) is 0 Å². The van der Waals surface area contributed by atoms with E-state index in [1.165, 1.54) is 0 Å². The van der Waals surface area contributed by atoms with Crippen LogP contribution in [-0.4, -0.2) is 17.8 Å². The number of rotatable bonds is 2. The molecule has 1 atom stereocenters. The molecule has 1 radical (unpaired) electrons. The zero-order chi connectivity index (χ0) is 5.86. The molecular weight excluding hydrogens is 169 g/mol. The summed E-state index contributed by atoms with van der Waals surface area (Å²) in [7, 11) is 0. The number of carbonyl (C=O) groups is 1. The molecular formula is C3H5MnNO2S. The van der Waals surface area contributed by atoms with Crippen molar-refractivity contribution in [2.45, 2.75) is 6.04 Å². The zero-order valence-electron chi connectivity index (χ0n) is 3.96. The molecule has 0 bridgehead atoms. The number of carboxylic acid groups (broad SMARTS) is 1. The maximum atomic E-state index is 9.63. The van der Waals surface area contributed by atoms with Gasteiger partial charge in [0.15, 0.2) is 0 Å². The second-order valence-electron chi connectivity index (χ2n) is 1.09. The Morgan fingerprint density at radius 1 is 1.88 bits per heavy atom. The smallest absolute Gasteiger partial charge is 0.791 e. The van der Waals surface area contributed by atoms with E-state index in [0.29, 0.717) is 0 Å². The first kappa shape index (κ1) is 11.1. The summed E-state index contributed by atoms with van der Waals surface area (Å²) in [5.74, 6) is -1.27. The molecule has 0 spiro atoms. The van der Waals surface area contributed by atoms with Crippen LogP contribution in [-0.2, 0) is 34.5 Å². The third-order valence-corrected chi connectivity index (χ3v) is 0.841. The van der Waals surface area contributed by atoms with Gasteiger partial charge in [0.25, 0.3) is 0 Å². The van der Waals surface area contributed by atoms with Gasteiger partial charge in [-0.2, -0.15) is 5.75 Å². The van der Waals surface area contributed by atoms with Crippen LogP contribution in [0.2, 0.25) is 0 Å². The fourth-order valence-corrected chi connectivity index (χ4v) is 0.204. The predicted octanol–water partition coefficient (Wildman–Crippen LogP) is -2.39. The number of nitrogens with two attached hydrogens (primary N) is 1. The van der Waals surface area contributed by atoms with E-state index in [-0.39, 0.29) is 22.8 Å². The first-order valence-corrected chi connectivity index (χ1v) is 2.30. The predicted molar refractivity (Wildman–Crippen MR) is 25.2 cm³/mol. The van der Waals surface area contributed by atoms with Crippen molar-refractivity contribution in [3.8, 4) is 0 Å². The van der Waals surface area contributed by atoms with E-state index in [2.05, 4.69) is 12.6 Å². The van der Waals surface area contributed by atoms with Crippen LogP contribution < -0.4 is 10.8 Å². The minimum Gasteiger partial charge on any atom is -0.791 e. The summed E-state index contributed by atoms with van der Waals surface area (Å²) in [4.78, 5) is 9.63. The molecule has 0 saturated carbocycles. The molecule has 8 heavy (non-hydrogen) atoms. The van der Waals surface area contributed by atoms with E-state index >= 15 is 0 Å². The molecule has 0 aromatic rings. The van der Waals surface area contributed by atoms with Crippen LogP contribution in [0, 0.1) is 0 Å². The second-order valence-corrected chi connectivity index (χ2v) is 1.43. The summed E-state index contributed by atoms with van der Waals surface area (Å²) in [6.07, 6.45) is 0. The fourth-order valence-electron chi connectivity index (χ4n) is 0.0680. The van der Waals surface area contributed by atoms with Crippen LogP contribution in [0.15, 0.2) is 0 Å². The first-order valence-electron chi connectivity index (χ1n) is 1.73. The van der Waals surface area contributed by atoms with Gasteiger partial charge in [-0.15, -0.1) is 0 Å². The zero-order valence-corrected chi connectivity index (χ0v) is 5.96. The largest absolute Gasteiger partial charge is 2.00 e. The Hall–Kier alpha value is 0.299. The Balaban J connectivity index is 0. The standard InChI is InChI=1S/C3H7NO2S.Mn/c4-2(1-7)3(5)6;/h2,7H,1,4H2,(H,5,6);/q;+2/p-2. The molecule has 0 aliphatic heterocycles. The van der Waals surface area contributed by atoms with Gasteiger partial charge in [-0.25, -0.2) is 0 Å². The number of carbonyl (C=O) groups excluding carboxylic acids is 1. The normalized spacial score (nSPS) is 11.8. The van der Waals surface area contributed by atoms with Crippen LogP contribution in [0.1, 0.15) is 0 Å².